The van der Waals surface area contributed by atoms with E-state index in [1.165, 1.54) is 6.20 Å². The number of pyridine rings is 2. The van der Waals surface area contributed by atoms with Crippen molar-refractivity contribution in [3.63, 3.8) is 0 Å². The number of rotatable bonds is 5. The molecule has 1 aliphatic carbocycles. The van der Waals surface area contributed by atoms with E-state index in [4.69, 9.17) is 11.2 Å². The molecule has 4 heterocycles. The number of aliphatic hydroxyl groups is 1. The summed E-state index contributed by atoms with van der Waals surface area (Å²) < 4.78 is 7.46. The number of nitrogens with zero attached hydrogens (tertiary/aromatic N) is 6. The zero-order valence-electron chi connectivity index (χ0n) is 17.9. The van der Waals surface area contributed by atoms with Gasteiger partial charge in [-0.05, 0) is 37.0 Å². The number of aromatic nitrogens is 3. The third-order valence-corrected chi connectivity index (χ3v) is 6.12. The number of hydrogen-bond acceptors (Lipinski definition) is 7. The number of carbonyl (C=O) groups is 1. The quantitative estimate of drug-likeness (QED) is 0.596. The molecule has 0 radical (unpaired) electrons. The maximum absolute atomic E-state index is 11.7. The molecule has 0 atom stereocenters. The van der Waals surface area contributed by atoms with Gasteiger partial charge in [0.25, 0.3) is 5.91 Å². The molecule has 1 aliphatic heterocycles. The van der Waals surface area contributed by atoms with E-state index in [1.807, 2.05) is 18.2 Å². The van der Waals surface area contributed by atoms with Crippen LogP contribution < -0.4 is 9.64 Å². The average Bonchev–Trinajstić information content (AvgIpc) is 3.45. The predicted octanol–water partition coefficient (Wildman–Crippen LogP) is 1.45. The molecular formula is C24H22N6O3. The summed E-state index contributed by atoms with van der Waals surface area (Å²) in [7, 11) is 0. The molecule has 9 nitrogen and oxygen atoms in total. The van der Waals surface area contributed by atoms with Crippen molar-refractivity contribution in [3.05, 3.63) is 42.4 Å². The van der Waals surface area contributed by atoms with Gasteiger partial charge >= 0.3 is 0 Å². The summed E-state index contributed by atoms with van der Waals surface area (Å²) in [6.07, 6.45) is 11.7. The summed E-state index contributed by atoms with van der Waals surface area (Å²) in [5.74, 6) is 3.24. The van der Waals surface area contributed by atoms with Crippen LogP contribution >= 0.6 is 0 Å². The van der Waals surface area contributed by atoms with Gasteiger partial charge in [-0.3, -0.25) is 4.79 Å². The Morgan fingerprint density at radius 1 is 1.24 bits per heavy atom. The van der Waals surface area contributed by atoms with Gasteiger partial charge in [-0.2, -0.15) is 10.4 Å². The summed E-state index contributed by atoms with van der Waals surface area (Å²) in [6, 6.07) is 7.91. The smallest absolute Gasteiger partial charge is 0.298 e. The van der Waals surface area contributed by atoms with Gasteiger partial charge in [0, 0.05) is 43.5 Å². The van der Waals surface area contributed by atoms with Crippen molar-refractivity contribution in [2.24, 2.45) is 0 Å². The van der Waals surface area contributed by atoms with Gasteiger partial charge in [0.05, 0.1) is 29.1 Å². The molecule has 1 saturated carbocycles. The first-order valence-electron chi connectivity index (χ1n) is 10.7. The van der Waals surface area contributed by atoms with Crippen LogP contribution in [0.1, 0.15) is 18.4 Å². The van der Waals surface area contributed by atoms with Crippen molar-refractivity contribution in [1.29, 1.82) is 5.26 Å². The molecule has 0 bridgehead atoms. The van der Waals surface area contributed by atoms with E-state index < -0.39 is 5.60 Å². The number of anilines is 1. The molecule has 3 aromatic heterocycles. The molecular weight excluding hydrogens is 420 g/mol. The van der Waals surface area contributed by atoms with Crippen LogP contribution in [0.2, 0.25) is 0 Å². The van der Waals surface area contributed by atoms with E-state index in [-0.39, 0.29) is 12.5 Å². The number of terminal acetylenes is 1. The first kappa shape index (κ1) is 20.8. The Morgan fingerprint density at radius 3 is 2.67 bits per heavy atom. The summed E-state index contributed by atoms with van der Waals surface area (Å²) >= 11 is 0. The van der Waals surface area contributed by atoms with Gasteiger partial charge in [0.1, 0.15) is 24.2 Å². The molecule has 0 aromatic carbocycles. The summed E-state index contributed by atoms with van der Waals surface area (Å²) in [5.41, 5.74) is 1.97. The fourth-order valence-electron chi connectivity index (χ4n) is 3.95. The Morgan fingerprint density at radius 2 is 2.03 bits per heavy atom. The lowest BCUT2D eigenvalue weighted by molar-refractivity contribution is -0.125. The third kappa shape index (κ3) is 4.07. The topological polar surface area (TPSA) is 107 Å². The van der Waals surface area contributed by atoms with E-state index in [0.29, 0.717) is 43.0 Å². The van der Waals surface area contributed by atoms with Crippen LogP contribution in [0.25, 0.3) is 16.6 Å². The van der Waals surface area contributed by atoms with E-state index in [1.54, 1.807) is 21.8 Å². The van der Waals surface area contributed by atoms with Crippen LogP contribution in [0.4, 0.5) is 5.82 Å². The maximum atomic E-state index is 11.7. The minimum absolute atomic E-state index is 0.218. The van der Waals surface area contributed by atoms with E-state index in [0.717, 1.165) is 29.8 Å². The fraction of sp³-hybridized carbons (Fsp3) is 0.333. The van der Waals surface area contributed by atoms with Crippen molar-refractivity contribution in [1.82, 2.24) is 19.5 Å². The van der Waals surface area contributed by atoms with Crippen LogP contribution in [-0.2, 0) is 4.79 Å². The Balaban J connectivity index is 1.41. The number of fused-ring (bicyclic) bond motifs is 1. The van der Waals surface area contributed by atoms with Gasteiger partial charge in [-0.25, -0.2) is 9.50 Å². The zero-order valence-corrected chi connectivity index (χ0v) is 17.9. The summed E-state index contributed by atoms with van der Waals surface area (Å²) in [6.45, 7) is 2.63. The van der Waals surface area contributed by atoms with Crippen molar-refractivity contribution in [2.75, 3.05) is 37.7 Å². The minimum atomic E-state index is -0.741. The van der Waals surface area contributed by atoms with Crippen molar-refractivity contribution in [3.8, 4) is 35.3 Å². The molecule has 0 spiro atoms. The Bertz CT molecular complexity index is 1290. The standard InChI is InChI=1S/C24H22N6O3/c1-2-22(31)29-9-7-28(8-10-29)21-4-3-17(13-26-21)20-11-19(33-16-24(32)5-6-24)15-30-23(20)18(12-25)14-27-30/h1,3-4,11,13-15,32H,5-10,16H2. The molecule has 33 heavy (non-hydrogen) atoms. The second-order valence-corrected chi connectivity index (χ2v) is 8.39. The molecule has 1 N–H and O–H groups in total. The second-order valence-electron chi connectivity index (χ2n) is 8.39. The molecule has 0 unspecified atom stereocenters. The molecule has 9 heteroatoms. The molecule has 2 aliphatic rings. The minimum Gasteiger partial charge on any atom is -0.489 e. The van der Waals surface area contributed by atoms with Crippen molar-refractivity contribution in [2.45, 2.75) is 18.4 Å². The van der Waals surface area contributed by atoms with Crippen LogP contribution in [-0.4, -0.2) is 68.9 Å². The van der Waals surface area contributed by atoms with Gasteiger partial charge in [0.15, 0.2) is 0 Å². The highest BCUT2D eigenvalue weighted by molar-refractivity contribution is 5.93. The first-order chi connectivity index (χ1) is 16.0. The molecule has 3 aromatic rings. The maximum Gasteiger partial charge on any atom is 0.298 e. The highest BCUT2D eigenvalue weighted by atomic mass is 16.5. The van der Waals surface area contributed by atoms with Gasteiger partial charge in [-0.1, -0.05) is 0 Å². The third-order valence-electron chi connectivity index (χ3n) is 6.12. The summed E-state index contributed by atoms with van der Waals surface area (Å²) in [4.78, 5) is 20.1. The van der Waals surface area contributed by atoms with Crippen LogP contribution in [0, 0.1) is 23.7 Å². The molecule has 1 amide bonds. The van der Waals surface area contributed by atoms with Gasteiger partial charge in [0.2, 0.25) is 0 Å². The number of ether oxygens (including phenoxy) is 1. The number of piperazine rings is 1. The normalized spacial score (nSPS) is 16.8. The lowest BCUT2D eigenvalue weighted by atomic mass is 10.1. The number of carbonyl (C=O) groups excluding carboxylic acids is 1. The second kappa shape index (κ2) is 8.12. The average molecular weight is 442 g/mol. The fourth-order valence-corrected chi connectivity index (χ4v) is 3.95. The molecule has 2 fully saturated rings. The van der Waals surface area contributed by atoms with E-state index >= 15 is 0 Å². The number of amides is 1. The van der Waals surface area contributed by atoms with Gasteiger partial charge in [-0.15, -0.1) is 6.42 Å². The first-order valence-corrected chi connectivity index (χ1v) is 10.7. The monoisotopic (exact) mass is 442 g/mol. The van der Waals surface area contributed by atoms with Crippen LogP contribution in [0.15, 0.2) is 36.8 Å². The highest BCUT2D eigenvalue weighted by Gasteiger charge is 2.41. The van der Waals surface area contributed by atoms with E-state index in [2.05, 4.69) is 27.0 Å². The largest absolute Gasteiger partial charge is 0.489 e. The lowest BCUT2D eigenvalue weighted by Gasteiger charge is -2.34. The molecule has 5 rings (SSSR count). The number of nitriles is 1. The van der Waals surface area contributed by atoms with Crippen LogP contribution in [0.3, 0.4) is 0 Å². The number of hydrogen-bond donors (Lipinski definition) is 1. The summed E-state index contributed by atoms with van der Waals surface area (Å²) in [5, 5.41) is 23.9. The highest BCUT2D eigenvalue weighted by Crippen LogP contribution is 2.36. The van der Waals surface area contributed by atoms with Crippen molar-refractivity contribution < 1.29 is 14.6 Å². The SMILES string of the molecule is C#CC(=O)N1CCN(c2ccc(-c3cc(OCC4(O)CC4)cn4ncc(C#N)c34)cn2)CC1. The van der Waals surface area contributed by atoms with Crippen LogP contribution in [0.5, 0.6) is 5.75 Å². The zero-order chi connectivity index (χ0) is 23.0. The predicted molar refractivity (Wildman–Crippen MR) is 120 cm³/mol. The molecule has 166 valence electrons. The Labute approximate surface area is 190 Å². The van der Waals surface area contributed by atoms with Crippen molar-refractivity contribution >= 4 is 17.2 Å². The lowest BCUT2D eigenvalue weighted by Crippen LogP contribution is -2.48. The van der Waals surface area contributed by atoms with Gasteiger partial charge < -0.3 is 19.6 Å². The Hall–Kier alpha value is -4.08. The molecule has 1 saturated heterocycles. The Kier molecular flexibility index (Phi) is 5.12. The van der Waals surface area contributed by atoms with E-state index in [9.17, 15) is 15.2 Å².